The van der Waals surface area contributed by atoms with Crippen molar-refractivity contribution in [1.29, 1.82) is 0 Å². The Morgan fingerprint density at radius 1 is 0.867 bits per heavy atom. The van der Waals surface area contributed by atoms with E-state index in [9.17, 15) is 4.79 Å². The van der Waals surface area contributed by atoms with E-state index < -0.39 is 0 Å². The first-order valence-electron chi connectivity index (χ1n) is 9.43. The van der Waals surface area contributed by atoms with Crippen molar-refractivity contribution in [3.8, 4) is 23.0 Å². The predicted octanol–water partition coefficient (Wildman–Crippen LogP) is 4.86. The Labute approximate surface area is 173 Å². The summed E-state index contributed by atoms with van der Waals surface area (Å²) in [7, 11) is 4.70. The third-order valence-corrected chi connectivity index (χ3v) is 5.02. The smallest absolute Gasteiger partial charge is 0.344 e. The van der Waals surface area contributed by atoms with Crippen molar-refractivity contribution in [2.45, 2.75) is 13.5 Å². The maximum absolute atomic E-state index is 12.3. The van der Waals surface area contributed by atoms with Crippen molar-refractivity contribution in [3.05, 3.63) is 70.1 Å². The molecule has 0 unspecified atom stereocenters. The van der Waals surface area contributed by atoms with E-state index >= 15 is 0 Å². The van der Waals surface area contributed by atoms with Gasteiger partial charge in [-0.25, -0.2) is 4.79 Å². The molecule has 0 aliphatic heterocycles. The van der Waals surface area contributed by atoms with Crippen LogP contribution in [0.15, 0.2) is 57.7 Å². The van der Waals surface area contributed by atoms with Crippen LogP contribution in [0.2, 0.25) is 0 Å². The molecule has 4 rings (SSSR count). The van der Waals surface area contributed by atoms with Crippen molar-refractivity contribution in [2.75, 3.05) is 21.3 Å². The minimum atomic E-state index is -0.362. The normalized spacial score (nSPS) is 10.9. The Hall–Kier alpha value is -3.67. The fourth-order valence-corrected chi connectivity index (χ4v) is 3.65. The molecule has 0 amide bonds. The van der Waals surface area contributed by atoms with Crippen LogP contribution in [0, 0.1) is 6.92 Å². The Morgan fingerprint density at radius 2 is 1.53 bits per heavy atom. The quantitative estimate of drug-likeness (QED) is 0.337. The molecule has 4 aromatic rings. The number of fused-ring (bicyclic) bond motifs is 3. The number of hydrogen-bond acceptors (Lipinski definition) is 6. The minimum Gasteiger partial charge on any atom is -0.493 e. The van der Waals surface area contributed by atoms with Gasteiger partial charge >= 0.3 is 5.63 Å². The number of ether oxygens (including phenoxy) is 4. The van der Waals surface area contributed by atoms with E-state index in [4.69, 9.17) is 23.4 Å². The highest BCUT2D eigenvalue weighted by Gasteiger charge is 2.15. The lowest BCUT2D eigenvalue weighted by Crippen LogP contribution is -2.02. The Kier molecular flexibility index (Phi) is 5.23. The molecule has 0 aliphatic carbocycles. The van der Waals surface area contributed by atoms with E-state index in [0.717, 1.165) is 21.9 Å². The van der Waals surface area contributed by atoms with Crippen LogP contribution in [0.4, 0.5) is 0 Å². The number of aryl methyl sites for hydroxylation is 1. The Balaban J connectivity index is 1.70. The first-order chi connectivity index (χ1) is 14.5. The van der Waals surface area contributed by atoms with E-state index in [2.05, 4.69) is 0 Å². The fourth-order valence-electron chi connectivity index (χ4n) is 3.65. The SMILES string of the molecule is COc1cc(COc2cc(C)c3c(c2)oc(=O)c2ccccc23)cc(OC)c1OC. The molecule has 1 aromatic heterocycles. The molecular weight excluding hydrogens is 384 g/mol. The van der Waals surface area contributed by atoms with Crippen LogP contribution in [0.1, 0.15) is 11.1 Å². The van der Waals surface area contributed by atoms with Gasteiger partial charge in [-0.05, 0) is 42.3 Å². The number of rotatable bonds is 6. The topological polar surface area (TPSA) is 67.1 Å². The molecule has 0 saturated carbocycles. The van der Waals surface area contributed by atoms with Crippen molar-refractivity contribution < 1.29 is 23.4 Å². The van der Waals surface area contributed by atoms with Gasteiger partial charge in [0.15, 0.2) is 11.5 Å². The molecular formula is C24H22O6. The van der Waals surface area contributed by atoms with Gasteiger partial charge in [0.25, 0.3) is 0 Å². The average molecular weight is 406 g/mol. The molecule has 0 N–H and O–H groups in total. The van der Waals surface area contributed by atoms with Gasteiger partial charge in [-0.1, -0.05) is 18.2 Å². The number of hydrogen-bond donors (Lipinski definition) is 0. The lowest BCUT2D eigenvalue weighted by Gasteiger charge is -2.15. The summed E-state index contributed by atoms with van der Waals surface area (Å²) in [5.41, 5.74) is 1.95. The molecule has 0 fully saturated rings. The molecule has 30 heavy (non-hydrogen) atoms. The second-order valence-electron chi connectivity index (χ2n) is 6.87. The maximum Gasteiger partial charge on any atom is 0.344 e. The predicted molar refractivity (Wildman–Crippen MR) is 115 cm³/mol. The van der Waals surface area contributed by atoms with Gasteiger partial charge in [0.05, 0.1) is 26.7 Å². The molecule has 0 aliphatic rings. The highest BCUT2D eigenvalue weighted by atomic mass is 16.5. The molecule has 0 atom stereocenters. The van der Waals surface area contributed by atoms with Crippen LogP contribution in [0.25, 0.3) is 21.7 Å². The zero-order valence-electron chi connectivity index (χ0n) is 17.3. The maximum atomic E-state index is 12.3. The van der Waals surface area contributed by atoms with Crippen molar-refractivity contribution >= 4 is 21.7 Å². The van der Waals surface area contributed by atoms with E-state index in [1.807, 2.05) is 43.3 Å². The van der Waals surface area contributed by atoms with E-state index in [1.54, 1.807) is 33.5 Å². The van der Waals surface area contributed by atoms with Gasteiger partial charge in [-0.3, -0.25) is 0 Å². The van der Waals surface area contributed by atoms with Gasteiger partial charge in [0, 0.05) is 16.8 Å². The summed E-state index contributed by atoms with van der Waals surface area (Å²) in [5.74, 6) is 2.25. The molecule has 0 saturated heterocycles. The summed E-state index contributed by atoms with van der Waals surface area (Å²) in [4.78, 5) is 12.3. The van der Waals surface area contributed by atoms with E-state index in [-0.39, 0.29) is 12.2 Å². The number of methoxy groups -OCH3 is 3. The molecule has 1 heterocycles. The summed E-state index contributed by atoms with van der Waals surface area (Å²) in [5, 5.41) is 2.35. The van der Waals surface area contributed by atoms with Crippen LogP contribution in [-0.4, -0.2) is 21.3 Å². The van der Waals surface area contributed by atoms with Gasteiger partial charge in [0.2, 0.25) is 5.75 Å². The van der Waals surface area contributed by atoms with Gasteiger partial charge in [-0.2, -0.15) is 0 Å². The van der Waals surface area contributed by atoms with Gasteiger partial charge < -0.3 is 23.4 Å². The lowest BCUT2D eigenvalue weighted by molar-refractivity contribution is 0.298. The van der Waals surface area contributed by atoms with Crippen LogP contribution in [0.5, 0.6) is 23.0 Å². The summed E-state index contributed by atoms with van der Waals surface area (Å²) in [6.07, 6.45) is 0. The zero-order valence-corrected chi connectivity index (χ0v) is 17.3. The minimum absolute atomic E-state index is 0.277. The number of benzene rings is 3. The summed E-state index contributed by atoms with van der Waals surface area (Å²) < 4.78 is 27.7. The molecule has 0 spiro atoms. The average Bonchev–Trinajstić information content (AvgIpc) is 2.76. The molecule has 0 bridgehead atoms. The fraction of sp³-hybridized carbons (Fsp3) is 0.208. The van der Waals surface area contributed by atoms with Crippen molar-refractivity contribution in [2.24, 2.45) is 0 Å². The first kappa shape index (κ1) is 19.6. The highest BCUT2D eigenvalue weighted by Crippen LogP contribution is 2.38. The largest absolute Gasteiger partial charge is 0.493 e. The van der Waals surface area contributed by atoms with Crippen molar-refractivity contribution in [3.63, 3.8) is 0 Å². The first-order valence-corrected chi connectivity index (χ1v) is 9.43. The summed E-state index contributed by atoms with van der Waals surface area (Å²) in [6, 6.07) is 14.8. The molecule has 154 valence electrons. The highest BCUT2D eigenvalue weighted by molar-refractivity contribution is 6.06. The Bertz CT molecular complexity index is 1260. The Morgan fingerprint density at radius 3 is 2.17 bits per heavy atom. The lowest BCUT2D eigenvalue weighted by atomic mass is 10.0. The molecule has 6 nitrogen and oxygen atoms in total. The van der Waals surface area contributed by atoms with Crippen LogP contribution in [-0.2, 0) is 6.61 Å². The zero-order chi connectivity index (χ0) is 21.3. The van der Waals surface area contributed by atoms with Crippen LogP contribution >= 0.6 is 0 Å². The molecule has 3 aromatic carbocycles. The third kappa shape index (κ3) is 3.41. The van der Waals surface area contributed by atoms with Gasteiger partial charge in [0.1, 0.15) is 17.9 Å². The van der Waals surface area contributed by atoms with Crippen LogP contribution < -0.4 is 24.6 Å². The van der Waals surface area contributed by atoms with Crippen LogP contribution in [0.3, 0.4) is 0 Å². The monoisotopic (exact) mass is 406 g/mol. The summed E-state index contributed by atoms with van der Waals surface area (Å²) in [6.45, 7) is 2.25. The second-order valence-corrected chi connectivity index (χ2v) is 6.87. The van der Waals surface area contributed by atoms with E-state index in [1.165, 1.54) is 0 Å². The molecule has 6 heteroatoms. The van der Waals surface area contributed by atoms with E-state index in [0.29, 0.717) is 34.0 Å². The van der Waals surface area contributed by atoms with Gasteiger partial charge in [-0.15, -0.1) is 0 Å². The second kappa shape index (κ2) is 7.99. The molecule has 0 radical (unpaired) electrons. The standard InChI is InChI=1S/C24H22O6/c1-14-9-16(12-19-22(14)17-7-5-6-8-18(17)24(25)30-19)29-13-15-10-20(26-2)23(28-4)21(11-15)27-3/h5-12H,13H2,1-4H3. The third-order valence-electron chi connectivity index (χ3n) is 5.02. The van der Waals surface area contributed by atoms with Crippen molar-refractivity contribution in [1.82, 2.24) is 0 Å². The summed E-state index contributed by atoms with van der Waals surface area (Å²) >= 11 is 0.